The average Bonchev–Trinajstić information content (AvgIpc) is 3.76. The van der Waals surface area contributed by atoms with E-state index in [-0.39, 0.29) is 0 Å². The van der Waals surface area contributed by atoms with Crippen molar-refractivity contribution in [1.82, 2.24) is 4.57 Å². The van der Waals surface area contributed by atoms with Gasteiger partial charge in [0.15, 0.2) is 0 Å². The third-order valence-corrected chi connectivity index (χ3v) is 13.2. The van der Waals surface area contributed by atoms with Gasteiger partial charge >= 0.3 is 0 Å². The lowest BCUT2D eigenvalue weighted by Crippen LogP contribution is -2.11. The molecule has 12 rings (SSSR count). The summed E-state index contributed by atoms with van der Waals surface area (Å²) < 4.78 is 2.45. The lowest BCUT2D eigenvalue weighted by atomic mass is 9.95. The van der Waals surface area contributed by atoms with Crippen molar-refractivity contribution in [2.24, 2.45) is 0 Å². The SMILES string of the molecule is c1ccc(-c2ccc(-c3cccc(N(c4ccccc4)c4ccccc4-c4ccc5c(c4)c4ccccc4n5-c4cc(-c5ccccc5)cc(-c5cccc(-c6ccccc6)c5)c4)c3)cc2)cc1. The summed E-state index contributed by atoms with van der Waals surface area (Å²) in [6.45, 7) is 0. The number of hydrogen-bond acceptors (Lipinski definition) is 1. The molecular formula is C66H46N2. The van der Waals surface area contributed by atoms with Gasteiger partial charge < -0.3 is 9.47 Å². The number of benzene rings is 11. The van der Waals surface area contributed by atoms with Gasteiger partial charge in [-0.05, 0) is 134 Å². The average molecular weight is 867 g/mol. The lowest BCUT2D eigenvalue weighted by Gasteiger charge is -2.28. The molecule has 0 N–H and O–H groups in total. The highest BCUT2D eigenvalue weighted by Gasteiger charge is 2.20. The second kappa shape index (κ2) is 17.8. The molecule has 0 bridgehead atoms. The lowest BCUT2D eigenvalue weighted by molar-refractivity contribution is 1.18. The first kappa shape index (κ1) is 40.5. The van der Waals surface area contributed by atoms with E-state index in [2.05, 4.69) is 289 Å². The van der Waals surface area contributed by atoms with Gasteiger partial charge in [0.2, 0.25) is 0 Å². The van der Waals surface area contributed by atoms with Crippen molar-refractivity contribution in [1.29, 1.82) is 0 Å². The van der Waals surface area contributed by atoms with E-state index < -0.39 is 0 Å². The molecule has 0 aliphatic heterocycles. The van der Waals surface area contributed by atoms with Gasteiger partial charge in [0, 0.05) is 33.4 Å². The van der Waals surface area contributed by atoms with Gasteiger partial charge in [-0.3, -0.25) is 0 Å². The second-order valence-electron chi connectivity index (χ2n) is 17.3. The predicted molar refractivity (Wildman–Crippen MR) is 288 cm³/mol. The highest BCUT2D eigenvalue weighted by atomic mass is 15.1. The van der Waals surface area contributed by atoms with Crippen LogP contribution < -0.4 is 4.90 Å². The van der Waals surface area contributed by atoms with E-state index in [1.54, 1.807) is 0 Å². The quantitative estimate of drug-likeness (QED) is 0.133. The van der Waals surface area contributed by atoms with Crippen LogP contribution in [0, 0.1) is 0 Å². The molecule has 0 atom stereocenters. The van der Waals surface area contributed by atoms with Crippen molar-refractivity contribution in [2.75, 3.05) is 4.90 Å². The Morgan fingerprint density at radius 2 is 0.662 bits per heavy atom. The molecule has 0 aliphatic carbocycles. The molecule has 0 amide bonds. The van der Waals surface area contributed by atoms with Gasteiger partial charge in [-0.15, -0.1) is 0 Å². The first-order chi connectivity index (χ1) is 33.7. The Bertz CT molecular complexity index is 3710. The van der Waals surface area contributed by atoms with E-state index in [1.165, 1.54) is 66.4 Å². The number of rotatable bonds is 10. The summed E-state index contributed by atoms with van der Waals surface area (Å²) in [5, 5.41) is 2.42. The Morgan fingerprint density at radius 3 is 1.35 bits per heavy atom. The standard InChI is InChI=1S/C66H46N2/c1-5-19-47(20-6-1)50-35-37-51(38-36-50)54-27-18-30-59(43-54)67(58-28-11-4-12-29-58)64-33-15-13-31-61(64)55-39-40-66-63(46-55)62-32-14-16-34-65(62)68(66)60-44-56(49-23-9-3-10-24-49)42-57(45-60)53-26-17-25-52(41-53)48-21-7-2-8-22-48/h1-46H. The normalized spacial score (nSPS) is 11.2. The predicted octanol–water partition coefficient (Wildman–Crippen LogP) is 18.3. The van der Waals surface area contributed by atoms with Crippen LogP contribution in [0.4, 0.5) is 17.1 Å². The molecular weight excluding hydrogens is 821 g/mol. The zero-order valence-electron chi connectivity index (χ0n) is 37.5. The van der Waals surface area contributed by atoms with Gasteiger partial charge in [-0.1, -0.05) is 206 Å². The number of para-hydroxylation sites is 3. The number of hydrogen-bond donors (Lipinski definition) is 0. The van der Waals surface area contributed by atoms with Crippen LogP contribution in [0.3, 0.4) is 0 Å². The largest absolute Gasteiger partial charge is 0.310 e. The maximum Gasteiger partial charge on any atom is 0.0541 e. The number of anilines is 3. The van der Waals surface area contributed by atoms with E-state index in [1.807, 2.05) is 0 Å². The Balaban J connectivity index is 0.983. The summed E-state index contributed by atoms with van der Waals surface area (Å²) >= 11 is 0. The monoisotopic (exact) mass is 866 g/mol. The van der Waals surface area contributed by atoms with Crippen LogP contribution >= 0.6 is 0 Å². The van der Waals surface area contributed by atoms with E-state index >= 15 is 0 Å². The summed E-state index contributed by atoms with van der Waals surface area (Å²) in [6.07, 6.45) is 0. The molecule has 0 saturated carbocycles. The van der Waals surface area contributed by atoms with E-state index in [4.69, 9.17) is 0 Å². The van der Waals surface area contributed by atoms with Crippen LogP contribution in [0.5, 0.6) is 0 Å². The minimum atomic E-state index is 1.09. The van der Waals surface area contributed by atoms with Gasteiger partial charge in [0.25, 0.3) is 0 Å². The molecule has 11 aromatic carbocycles. The van der Waals surface area contributed by atoms with Crippen molar-refractivity contribution in [3.05, 3.63) is 279 Å². The van der Waals surface area contributed by atoms with E-state index in [0.29, 0.717) is 0 Å². The molecule has 0 radical (unpaired) electrons. The Kier molecular flexibility index (Phi) is 10.6. The van der Waals surface area contributed by atoms with Crippen molar-refractivity contribution < 1.29 is 0 Å². The van der Waals surface area contributed by atoms with Gasteiger partial charge in [0.05, 0.1) is 16.7 Å². The third kappa shape index (κ3) is 7.74. The number of fused-ring (bicyclic) bond motifs is 3. The zero-order chi connectivity index (χ0) is 45.2. The molecule has 68 heavy (non-hydrogen) atoms. The summed E-state index contributed by atoms with van der Waals surface area (Å²) in [4.78, 5) is 2.40. The Morgan fingerprint density at radius 1 is 0.235 bits per heavy atom. The molecule has 0 saturated heterocycles. The highest BCUT2D eigenvalue weighted by molar-refractivity contribution is 6.11. The summed E-state index contributed by atoms with van der Waals surface area (Å²) in [5.74, 6) is 0. The van der Waals surface area contributed by atoms with E-state index in [0.717, 1.165) is 45.0 Å². The van der Waals surface area contributed by atoms with Gasteiger partial charge in [-0.25, -0.2) is 0 Å². The van der Waals surface area contributed by atoms with Crippen molar-refractivity contribution in [2.45, 2.75) is 0 Å². The smallest absolute Gasteiger partial charge is 0.0541 e. The fourth-order valence-corrected chi connectivity index (χ4v) is 9.86. The molecule has 0 aliphatic rings. The maximum absolute atomic E-state index is 2.45. The summed E-state index contributed by atoms with van der Waals surface area (Å²) in [7, 11) is 0. The first-order valence-electron chi connectivity index (χ1n) is 23.3. The second-order valence-corrected chi connectivity index (χ2v) is 17.3. The molecule has 1 aromatic heterocycles. The minimum Gasteiger partial charge on any atom is -0.310 e. The summed E-state index contributed by atoms with van der Waals surface area (Å²) in [6, 6.07) is 101. The molecule has 1 heterocycles. The number of aromatic nitrogens is 1. The third-order valence-electron chi connectivity index (χ3n) is 13.2. The maximum atomic E-state index is 2.45. The zero-order valence-corrected chi connectivity index (χ0v) is 37.5. The Hall–Kier alpha value is -8.98. The van der Waals surface area contributed by atoms with E-state index in [9.17, 15) is 0 Å². The molecule has 2 nitrogen and oxygen atoms in total. The highest BCUT2D eigenvalue weighted by Crippen LogP contribution is 2.44. The van der Waals surface area contributed by atoms with Crippen molar-refractivity contribution in [3.63, 3.8) is 0 Å². The van der Waals surface area contributed by atoms with Crippen molar-refractivity contribution >= 4 is 38.9 Å². The Labute approximate surface area is 397 Å². The first-order valence-corrected chi connectivity index (χ1v) is 23.3. The molecule has 0 spiro atoms. The molecule has 0 fully saturated rings. The molecule has 0 unspecified atom stereocenters. The minimum absolute atomic E-state index is 1.09. The number of nitrogens with zero attached hydrogens (tertiary/aromatic N) is 2. The van der Waals surface area contributed by atoms with Crippen molar-refractivity contribution in [3.8, 4) is 72.4 Å². The van der Waals surface area contributed by atoms with Crippen LogP contribution in [0.2, 0.25) is 0 Å². The van der Waals surface area contributed by atoms with Gasteiger partial charge in [0.1, 0.15) is 0 Å². The fourth-order valence-electron chi connectivity index (χ4n) is 9.86. The van der Waals surface area contributed by atoms with Gasteiger partial charge in [-0.2, -0.15) is 0 Å². The molecule has 2 heteroatoms. The fraction of sp³-hybridized carbons (Fsp3) is 0. The van der Waals surface area contributed by atoms with Crippen LogP contribution in [0.1, 0.15) is 0 Å². The van der Waals surface area contributed by atoms with Crippen LogP contribution in [0.15, 0.2) is 279 Å². The van der Waals surface area contributed by atoms with Crippen LogP contribution in [-0.2, 0) is 0 Å². The molecule has 12 aromatic rings. The topological polar surface area (TPSA) is 8.17 Å². The van der Waals surface area contributed by atoms with Crippen LogP contribution in [0.25, 0.3) is 94.3 Å². The van der Waals surface area contributed by atoms with Crippen LogP contribution in [-0.4, -0.2) is 4.57 Å². The molecule has 320 valence electrons. The summed E-state index contributed by atoms with van der Waals surface area (Å²) in [5.41, 5.74) is 20.9.